The van der Waals surface area contributed by atoms with Gasteiger partial charge in [0.05, 0.1) is 11.3 Å². The fourth-order valence-electron chi connectivity index (χ4n) is 4.59. The third kappa shape index (κ3) is 2.48. The number of fused-ring (bicyclic) bond motifs is 2. The van der Waals surface area contributed by atoms with E-state index < -0.39 is 5.91 Å². The molecule has 2 N–H and O–H groups in total. The third-order valence-corrected chi connectivity index (χ3v) is 5.74. The number of hydroxylamine groups is 1. The number of pyridine rings is 1. The Morgan fingerprint density at radius 2 is 2.25 bits per heavy atom. The zero-order valence-electron chi connectivity index (χ0n) is 13.8. The van der Waals surface area contributed by atoms with Crippen LogP contribution in [0.4, 0.5) is 0 Å². The number of amides is 2. The Bertz CT molecular complexity index is 699. The van der Waals surface area contributed by atoms with Gasteiger partial charge in [0.15, 0.2) is 0 Å². The first-order valence-corrected chi connectivity index (χ1v) is 8.41. The van der Waals surface area contributed by atoms with Crippen LogP contribution in [-0.4, -0.2) is 57.5 Å². The molecule has 128 valence electrons. The second-order valence-electron chi connectivity index (χ2n) is 7.44. The molecule has 4 aliphatic rings. The van der Waals surface area contributed by atoms with E-state index in [4.69, 9.17) is 5.21 Å². The molecule has 0 radical (unpaired) electrons. The summed E-state index contributed by atoms with van der Waals surface area (Å²) in [7, 11) is 0. The van der Waals surface area contributed by atoms with Crippen molar-refractivity contribution in [3.05, 3.63) is 29.1 Å². The Balaban J connectivity index is 1.43. The van der Waals surface area contributed by atoms with Crippen LogP contribution in [-0.2, 0) is 17.8 Å². The molecule has 24 heavy (non-hydrogen) atoms. The topological polar surface area (TPSA) is 85.8 Å². The van der Waals surface area contributed by atoms with Gasteiger partial charge in [-0.3, -0.25) is 24.7 Å². The summed E-state index contributed by atoms with van der Waals surface area (Å²) in [5.41, 5.74) is 4.38. The first kappa shape index (κ1) is 15.5. The molecule has 3 fully saturated rings. The monoisotopic (exact) mass is 330 g/mol. The molecular formula is C17H22N4O3. The molecule has 1 aromatic heterocycles. The standard InChI is InChI=1S/C17H22N4O3/c1-11(22)21-10-17(5-14(21)6-17)9-20-3-2-12-4-13(16(23)19-24)7-18-15(12)8-20/h4,7,14,24H,2-3,5-6,8-10H2,1H3,(H,19,23). The van der Waals surface area contributed by atoms with Crippen molar-refractivity contribution in [1.82, 2.24) is 20.3 Å². The molecule has 1 saturated carbocycles. The van der Waals surface area contributed by atoms with Crippen molar-refractivity contribution in [3.8, 4) is 0 Å². The lowest BCUT2D eigenvalue weighted by Crippen LogP contribution is -2.45. The second kappa shape index (κ2) is 5.53. The van der Waals surface area contributed by atoms with Gasteiger partial charge in [0.2, 0.25) is 5.91 Å². The van der Waals surface area contributed by atoms with Crippen LogP contribution in [0, 0.1) is 5.41 Å². The molecule has 2 saturated heterocycles. The lowest BCUT2D eigenvalue weighted by molar-refractivity contribution is -0.128. The normalized spacial score (nSPS) is 28.2. The maximum Gasteiger partial charge on any atom is 0.276 e. The molecule has 0 atom stereocenters. The third-order valence-electron chi connectivity index (χ3n) is 5.74. The van der Waals surface area contributed by atoms with Crippen LogP contribution in [0.1, 0.15) is 41.4 Å². The molecule has 7 nitrogen and oxygen atoms in total. The first-order valence-electron chi connectivity index (χ1n) is 8.41. The van der Waals surface area contributed by atoms with E-state index in [0.29, 0.717) is 11.6 Å². The quantitative estimate of drug-likeness (QED) is 0.625. The van der Waals surface area contributed by atoms with Crippen LogP contribution in [0.2, 0.25) is 0 Å². The van der Waals surface area contributed by atoms with Gasteiger partial charge in [0.25, 0.3) is 5.91 Å². The molecule has 7 heteroatoms. The Morgan fingerprint density at radius 1 is 1.46 bits per heavy atom. The molecule has 0 aromatic carbocycles. The molecule has 1 aliphatic carbocycles. The van der Waals surface area contributed by atoms with Crippen molar-refractivity contribution >= 4 is 11.8 Å². The highest BCUT2D eigenvalue weighted by Gasteiger charge is 2.56. The van der Waals surface area contributed by atoms with Gasteiger partial charge in [-0.25, -0.2) is 5.48 Å². The summed E-state index contributed by atoms with van der Waals surface area (Å²) in [6, 6.07) is 2.27. The Labute approximate surface area is 140 Å². The number of nitrogens with one attached hydrogen (secondary N) is 1. The molecular weight excluding hydrogens is 308 g/mol. The van der Waals surface area contributed by atoms with Crippen LogP contribution in [0.25, 0.3) is 0 Å². The summed E-state index contributed by atoms with van der Waals surface area (Å²) in [6.07, 6.45) is 4.61. The first-order chi connectivity index (χ1) is 11.5. The zero-order chi connectivity index (χ0) is 16.9. The highest BCUT2D eigenvalue weighted by atomic mass is 16.5. The molecule has 1 aromatic rings. The number of carbonyl (C=O) groups is 2. The fraction of sp³-hybridized carbons (Fsp3) is 0.588. The Kier molecular flexibility index (Phi) is 3.58. The van der Waals surface area contributed by atoms with Crippen LogP contribution in [0.5, 0.6) is 0 Å². The van der Waals surface area contributed by atoms with Crippen LogP contribution in [0.3, 0.4) is 0 Å². The number of hydrogen-bond acceptors (Lipinski definition) is 5. The second-order valence-corrected chi connectivity index (χ2v) is 7.44. The number of hydrogen-bond donors (Lipinski definition) is 2. The van der Waals surface area contributed by atoms with E-state index in [1.807, 2.05) is 11.0 Å². The zero-order valence-corrected chi connectivity index (χ0v) is 13.8. The molecule has 5 rings (SSSR count). The minimum atomic E-state index is -0.526. The van der Waals surface area contributed by atoms with Crippen molar-refractivity contribution in [2.45, 2.75) is 38.8 Å². The predicted molar refractivity (Wildman–Crippen MR) is 85.3 cm³/mol. The van der Waals surface area contributed by atoms with Crippen molar-refractivity contribution in [3.63, 3.8) is 0 Å². The van der Waals surface area contributed by atoms with Gasteiger partial charge >= 0.3 is 0 Å². The molecule has 3 aliphatic heterocycles. The van der Waals surface area contributed by atoms with Gasteiger partial charge < -0.3 is 4.90 Å². The van der Waals surface area contributed by atoms with E-state index in [2.05, 4.69) is 9.88 Å². The molecule has 4 heterocycles. The number of nitrogens with zero attached hydrogens (tertiary/aromatic N) is 3. The van der Waals surface area contributed by atoms with Gasteiger partial charge in [0.1, 0.15) is 0 Å². The average Bonchev–Trinajstić information content (AvgIpc) is 3.09. The van der Waals surface area contributed by atoms with Gasteiger partial charge in [-0.1, -0.05) is 0 Å². The Hall–Kier alpha value is -1.99. The van der Waals surface area contributed by atoms with Crippen LogP contribution < -0.4 is 5.48 Å². The lowest BCUT2D eigenvalue weighted by Gasteiger charge is -2.41. The largest absolute Gasteiger partial charge is 0.339 e. The van der Waals surface area contributed by atoms with Crippen molar-refractivity contribution in [2.24, 2.45) is 5.41 Å². The average molecular weight is 330 g/mol. The lowest BCUT2D eigenvalue weighted by atomic mass is 9.69. The minimum absolute atomic E-state index is 0.194. The van der Waals surface area contributed by atoms with E-state index in [0.717, 1.165) is 56.7 Å². The number of aromatic nitrogens is 1. The van der Waals surface area contributed by atoms with Gasteiger partial charge in [-0.05, 0) is 30.9 Å². The predicted octanol–water partition coefficient (Wildman–Crippen LogP) is 0.570. The van der Waals surface area contributed by atoms with Crippen LogP contribution in [0.15, 0.2) is 12.3 Å². The summed E-state index contributed by atoms with van der Waals surface area (Å²) < 4.78 is 0. The van der Waals surface area contributed by atoms with Gasteiger partial charge in [-0.15, -0.1) is 0 Å². The van der Waals surface area contributed by atoms with E-state index in [9.17, 15) is 9.59 Å². The molecule has 2 amide bonds. The fourth-order valence-corrected chi connectivity index (χ4v) is 4.59. The van der Waals surface area contributed by atoms with Gasteiger partial charge in [0, 0.05) is 50.8 Å². The Morgan fingerprint density at radius 3 is 2.92 bits per heavy atom. The van der Waals surface area contributed by atoms with Crippen LogP contribution >= 0.6 is 0 Å². The highest BCUT2D eigenvalue weighted by Crippen LogP contribution is 2.52. The molecule has 0 unspecified atom stereocenters. The summed E-state index contributed by atoms with van der Waals surface area (Å²) in [5.74, 6) is -0.331. The van der Waals surface area contributed by atoms with E-state index in [-0.39, 0.29) is 11.3 Å². The van der Waals surface area contributed by atoms with Crippen molar-refractivity contribution in [2.75, 3.05) is 19.6 Å². The SMILES string of the molecule is CC(=O)N1CC2(CN3CCc4cc(C(=O)NO)cnc4C3)CC1C2. The smallest absolute Gasteiger partial charge is 0.276 e. The molecule has 0 spiro atoms. The van der Waals surface area contributed by atoms with E-state index in [1.54, 1.807) is 12.4 Å². The summed E-state index contributed by atoms with van der Waals surface area (Å²) in [6.45, 7) is 5.27. The number of rotatable bonds is 3. The van der Waals surface area contributed by atoms with Gasteiger partial charge in [-0.2, -0.15) is 0 Å². The van der Waals surface area contributed by atoms with E-state index >= 15 is 0 Å². The van der Waals surface area contributed by atoms with Crippen molar-refractivity contribution in [1.29, 1.82) is 0 Å². The number of carbonyl (C=O) groups excluding carboxylic acids is 2. The molecule has 2 bridgehead atoms. The maximum absolute atomic E-state index is 11.6. The minimum Gasteiger partial charge on any atom is -0.339 e. The van der Waals surface area contributed by atoms with Crippen molar-refractivity contribution < 1.29 is 14.8 Å². The highest BCUT2D eigenvalue weighted by molar-refractivity contribution is 5.93. The summed E-state index contributed by atoms with van der Waals surface area (Å²) in [5, 5.41) is 8.72. The van der Waals surface area contributed by atoms with E-state index in [1.165, 1.54) is 6.20 Å². The maximum atomic E-state index is 11.6. The summed E-state index contributed by atoms with van der Waals surface area (Å²) in [4.78, 5) is 32.0. The summed E-state index contributed by atoms with van der Waals surface area (Å²) >= 11 is 0.